The molecule has 2 aromatic carbocycles. The number of likely N-dealkylation sites (N-methyl/N-ethyl adjacent to an activating group) is 1. The van der Waals surface area contributed by atoms with Crippen molar-refractivity contribution >= 4 is 26.8 Å². The van der Waals surface area contributed by atoms with Gasteiger partial charge in [-0.3, -0.25) is 4.79 Å². The minimum absolute atomic E-state index is 0.0290. The van der Waals surface area contributed by atoms with Gasteiger partial charge in [-0.05, 0) is 65.0 Å². The Balaban J connectivity index is 1.80. The van der Waals surface area contributed by atoms with E-state index in [2.05, 4.69) is 60.3 Å². The van der Waals surface area contributed by atoms with Crippen molar-refractivity contribution in [2.24, 2.45) is 0 Å². The van der Waals surface area contributed by atoms with Crippen LogP contribution in [0.1, 0.15) is 94.0 Å². The monoisotopic (exact) mass is 548 g/mol. The number of amides is 1. The average Bonchev–Trinajstić information content (AvgIpc) is 3.28. The van der Waals surface area contributed by atoms with Crippen molar-refractivity contribution < 1.29 is 17.9 Å². The second-order valence-electron chi connectivity index (χ2n) is 11.8. The van der Waals surface area contributed by atoms with Crippen LogP contribution in [0.3, 0.4) is 0 Å². The Kier molecular flexibility index (Phi) is 6.83. The minimum atomic E-state index is -3.96. The van der Waals surface area contributed by atoms with Gasteiger partial charge in [-0.1, -0.05) is 78.5 Å². The van der Waals surface area contributed by atoms with E-state index in [-0.39, 0.29) is 36.3 Å². The van der Waals surface area contributed by atoms with Gasteiger partial charge in [0.05, 0.1) is 16.5 Å². The summed E-state index contributed by atoms with van der Waals surface area (Å²) in [6, 6.07) is 9.59. The maximum atomic E-state index is 14.7. The van der Waals surface area contributed by atoms with Gasteiger partial charge in [-0.15, -0.1) is 0 Å². The molecule has 2 atom stereocenters. The number of aromatic nitrogens is 1. The summed E-state index contributed by atoms with van der Waals surface area (Å²) in [5.41, 5.74) is 4.35. The van der Waals surface area contributed by atoms with Crippen molar-refractivity contribution in [3.05, 3.63) is 77.0 Å². The Labute approximate surface area is 232 Å². The zero-order valence-electron chi connectivity index (χ0n) is 24.1. The molecule has 208 valence electrons. The molecule has 1 aliphatic heterocycles. The lowest BCUT2D eigenvalue weighted by atomic mass is 9.74. The Hall–Kier alpha value is -2.90. The largest absolute Gasteiger partial charge is 0.354 e. The number of carbonyl (C=O) groups is 1. The van der Waals surface area contributed by atoms with Crippen LogP contribution in [0.5, 0.6) is 0 Å². The number of hydrogen-bond donors (Lipinski definition) is 0. The van der Waals surface area contributed by atoms with Crippen LogP contribution in [0.4, 0.5) is 0 Å². The molecule has 1 amide bonds. The van der Waals surface area contributed by atoms with Gasteiger partial charge in [0.2, 0.25) is 5.91 Å². The maximum absolute atomic E-state index is 14.7. The number of benzene rings is 2. The molecule has 5 rings (SSSR count). The Morgan fingerprint density at radius 1 is 1.08 bits per heavy atom. The highest BCUT2D eigenvalue weighted by molar-refractivity contribution is 7.90. The first-order valence-corrected chi connectivity index (χ1v) is 15.5. The molecule has 0 unspecified atom stereocenters. The molecular weight excluding hydrogens is 508 g/mol. The van der Waals surface area contributed by atoms with Crippen molar-refractivity contribution in [2.75, 3.05) is 13.2 Å². The van der Waals surface area contributed by atoms with Crippen molar-refractivity contribution in [2.45, 2.75) is 89.2 Å². The van der Waals surface area contributed by atoms with E-state index in [0.29, 0.717) is 23.4 Å². The number of ether oxygens (including phenoxy) is 1. The first kappa shape index (κ1) is 27.7. The second kappa shape index (κ2) is 9.63. The fourth-order valence-electron chi connectivity index (χ4n) is 6.50. The highest BCUT2D eigenvalue weighted by atomic mass is 32.2. The maximum Gasteiger partial charge on any atom is 0.268 e. The summed E-state index contributed by atoms with van der Waals surface area (Å²) < 4.78 is 37.2. The quantitative estimate of drug-likeness (QED) is 0.319. The smallest absolute Gasteiger partial charge is 0.268 e. The van der Waals surface area contributed by atoms with Crippen molar-refractivity contribution in [3.63, 3.8) is 0 Å². The summed E-state index contributed by atoms with van der Waals surface area (Å²) >= 11 is 0. The Bertz CT molecular complexity index is 1550. The van der Waals surface area contributed by atoms with Crippen LogP contribution in [0.2, 0.25) is 0 Å². The van der Waals surface area contributed by atoms with E-state index in [1.54, 1.807) is 12.3 Å². The van der Waals surface area contributed by atoms with E-state index in [4.69, 9.17) is 4.74 Å². The molecule has 1 aliphatic carbocycles. The summed E-state index contributed by atoms with van der Waals surface area (Å²) in [6.07, 6.45) is 4.05. The summed E-state index contributed by atoms with van der Waals surface area (Å²) in [5, 5.41) is 0.874. The first-order valence-electron chi connectivity index (χ1n) is 14.0. The van der Waals surface area contributed by atoms with Crippen LogP contribution >= 0.6 is 0 Å². The molecule has 0 N–H and O–H groups in total. The summed E-state index contributed by atoms with van der Waals surface area (Å²) in [4.78, 5) is 15.0. The molecule has 2 aliphatic rings. The third kappa shape index (κ3) is 4.00. The van der Waals surface area contributed by atoms with Gasteiger partial charge in [-0.2, -0.15) is 0 Å². The van der Waals surface area contributed by atoms with E-state index in [0.717, 1.165) is 33.2 Å². The molecule has 2 heterocycles. The number of carbonyl (C=O) groups excluding carboxylic acids is 1. The molecule has 7 heteroatoms. The van der Waals surface area contributed by atoms with E-state index < -0.39 is 15.6 Å². The lowest BCUT2D eigenvalue weighted by Gasteiger charge is -2.50. The average molecular weight is 549 g/mol. The third-order valence-corrected chi connectivity index (χ3v) is 10.4. The molecule has 0 radical (unpaired) electrons. The molecule has 1 aromatic heterocycles. The fourth-order valence-corrected chi connectivity index (χ4v) is 8.56. The van der Waals surface area contributed by atoms with Crippen molar-refractivity contribution in [1.82, 2.24) is 8.87 Å². The van der Waals surface area contributed by atoms with Gasteiger partial charge in [0.15, 0.2) is 0 Å². The minimum Gasteiger partial charge on any atom is -0.354 e. The predicted molar refractivity (Wildman–Crippen MR) is 156 cm³/mol. The molecule has 6 nitrogen and oxygen atoms in total. The van der Waals surface area contributed by atoms with Crippen LogP contribution < -0.4 is 0 Å². The van der Waals surface area contributed by atoms with Crippen LogP contribution in [-0.2, 0) is 31.6 Å². The lowest BCUT2D eigenvalue weighted by Crippen LogP contribution is -2.61. The van der Waals surface area contributed by atoms with E-state index in [9.17, 15) is 13.2 Å². The summed E-state index contributed by atoms with van der Waals surface area (Å²) in [6.45, 7) is 19.1. The normalized spacial score (nSPS) is 21.3. The highest BCUT2D eigenvalue weighted by Crippen LogP contribution is 2.48. The van der Waals surface area contributed by atoms with Gasteiger partial charge >= 0.3 is 0 Å². The fraction of sp³-hybridized carbons (Fsp3) is 0.469. The third-order valence-electron chi connectivity index (χ3n) is 8.57. The van der Waals surface area contributed by atoms with E-state index in [1.165, 1.54) is 3.97 Å². The van der Waals surface area contributed by atoms with Crippen LogP contribution in [0.25, 0.3) is 10.9 Å². The molecule has 1 saturated heterocycles. The molecule has 3 aromatic rings. The number of nitrogens with zero attached hydrogens (tertiary/aromatic N) is 2. The van der Waals surface area contributed by atoms with Crippen molar-refractivity contribution in [1.29, 1.82) is 0 Å². The zero-order chi connectivity index (χ0) is 28.4. The number of fused-ring (bicyclic) bond motifs is 2. The molecular formula is C32H40N2O4S. The number of morpholine rings is 1. The Morgan fingerprint density at radius 2 is 1.72 bits per heavy atom. The van der Waals surface area contributed by atoms with E-state index >= 15 is 0 Å². The number of hydrogen-bond acceptors (Lipinski definition) is 4. The van der Waals surface area contributed by atoms with Gasteiger partial charge < -0.3 is 9.64 Å². The topological polar surface area (TPSA) is 68.6 Å². The van der Waals surface area contributed by atoms with E-state index in [1.807, 2.05) is 30.0 Å². The second-order valence-corrected chi connectivity index (χ2v) is 13.6. The predicted octanol–water partition coefficient (Wildman–Crippen LogP) is 6.43. The molecule has 0 bridgehead atoms. The van der Waals surface area contributed by atoms with Gasteiger partial charge in [0, 0.05) is 18.1 Å². The molecule has 1 fully saturated rings. The SMILES string of the molecule is C=C[C@]12OCC(=O)N(CC)[C@@H]1Cc1cn(S(=O)(=O)c3c(C(C)C)cc(C(C)C)cc3C(C)C)c3cccc2c13. The summed E-state index contributed by atoms with van der Waals surface area (Å²) in [5.74, 6) is 0.289. The first-order chi connectivity index (χ1) is 18.4. The zero-order valence-corrected chi connectivity index (χ0v) is 24.9. The standard InChI is InChI=1S/C32H40N2O4S/c1-9-32-26-12-11-13-27-30(26)23(16-28(32)33(10-2)29(35)18-38-32)17-34(27)39(36,37)31-24(20(5)6)14-22(19(3)4)15-25(31)21(7)8/h9,11-15,17,19-21,28H,1,10,16,18H2,2-8H3/t28-,32-/m1/s1. The number of rotatable bonds is 7. The molecule has 0 spiro atoms. The van der Waals surface area contributed by atoms with Crippen molar-refractivity contribution in [3.8, 4) is 0 Å². The lowest BCUT2D eigenvalue weighted by molar-refractivity contribution is -0.170. The van der Waals surface area contributed by atoms with Gasteiger partial charge in [-0.25, -0.2) is 12.4 Å². The van der Waals surface area contributed by atoms with Gasteiger partial charge in [0.25, 0.3) is 10.0 Å². The summed E-state index contributed by atoms with van der Waals surface area (Å²) in [7, 11) is -3.96. The van der Waals surface area contributed by atoms with Crippen LogP contribution in [-0.4, -0.2) is 42.4 Å². The molecule has 0 saturated carbocycles. The van der Waals surface area contributed by atoms with Gasteiger partial charge in [0.1, 0.15) is 12.2 Å². The highest BCUT2D eigenvalue weighted by Gasteiger charge is 2.51. The van der Waals surface area contributed by atoms with Crippen LogP contribution in [0.15, 0.2) is 54.1 Å². The van der Waals surface area contributed by atoms with Crippen LogP contribution in [0, 0.1) is 0 Å². The Morgan fingerprint density at radius 3 is 2.26 bits per heavy atom. The molecule has 39 heavy (non-hydrogen) atoms.